The smallest absolute Gasteiger partial charge is 0.114 e. The lowest BCUT2D eigenvalue weighted by Crippen LogP contribution is -2.06. The second kappa shape index (κ2) is 1.23. The molecule has 1 rings (SSSR count). The van der Waals surface area contributed by atoms with E-state index < -0.39 is 0 Å². The van der Waals surface area contributed by atoms with Gasteiger partial charge in [-0.15, -0.1) is 11.6 Å². The highest BCUT2D eigenvalue weighted by molar-refractivity contribution is 6.23. The van der Waals surface area contributed by atoms with Gasteiger partial charge in [0.25, 0.3) is 0 Å². The predicted molar refractivity (Wildman–Crippen MR) is 23.4 cm³/mol. The monoisotopic (exact) mass is 106 g/mol. The van der Waals surface area contributed by atoms with Gasteiger partial charge < -0.3 is 0 Å². The highest BCUT2D eigenvalue weighted by Gasteiger charge is 2.16. The number of hydrogen-bond donors (Lipinski definition) is 0. The third kappa shape index (κ3) is 0.432. The Kier molecular flexibility index (Phi) is 0.845. The molecule has 2 heteroatoms. The van der Waals surface area contributed by atoms with E-state index in [1.807, 2.05) is 0 Å². The topological polar surface area (TPSA) is 0 Å². The predicted octanol–water partition coefficient (Wildman–Crippen LogP) is 1.85. The fourth-order valence-electron chi connectivity index (χ4n) is 0.296. The summed E-state index contributed by atoms with van der Waals surface area (Å²) in [6.45, 7) is 0. The lowest BCUT2D eigenvalue weighted by Gasteiger charge is -2.10. The number of alkyl halides is 1. The van der Waals surface area contributed by atoms with Gasteiger partial charge in [0.15, 0.2) is 0 Å². The SMILES string of the molecule is FC1=CCC1Cl. The molecule has 0 saturated heterocycles. The molecule has 1 unspecified atom stereocenters. The summed E-state index contributed by atoms with van der Waals surface area (Å²) < 4.78 is 11.6. The van der Waals surface area contributed by atoms with E-state index in [1.54, 1.807) is 0 Å². The normalized spacial score (nSPS) is 31.7. The minimum Gasteiger partial charge on any atom is -0.211 e. The minimum absolute atomic E-state index is 0.170. The van der Waals surface area contributed by atoms with Crippen LogP contribution in [0.25, 0.3) is 0 Å². The zero-order valence-electron chi connectivity index (χ0n) is 3.12. The molecule has 0 aliphatic heterocycles. The summed E-state index contributed by atoms with van der Waals surface area (Å²) >= 11 is 5.26. The van der Waals surface area contributed by atoms with Crippen molar-refractivity contribution < 1.29 is 4.39 Å². The Bertz CT molecular complexity index is 87.5. The van der Waals surface area contributed by atoms with Crippen LogP contribution >= 0.6 is 11.6 Å². The van der Waals surface area contributed by atoms with Crippen molar-refractivity contribution in [3.8, 4) is 0 Å². The van der Waals surface area contributed by atoms with Crippen LogP contribution in [0.15, 0.2) is 11.9 Å². The van der Waals surface area contributed by atoms with E-state index in [4.69, 9.17) is 11.6 Å². The zero-order valence-corrected chi connectivity index (χ0v) is 3.87. The summed E-state index contributed by atoms with van der Waals surface area (Å²) in [5.74, 6) is -0.170. The van der Waals surface area contributed by atoms with Gasteiger partial charge in [0, 0.05) is 0 Å². The molecule has 0 radical (unpaired) electrons. The highest BCUT2D eigenvalue weighted by atomic mass is 35.5. The Morgan fingerprint density at radius 1 is 2.00 bits per heavy atom. The molecule has 34 valence electrons. The molecule has 0 aromatic heterocycles. The van der Waals surface area contributed by atoms with Gasteiger partial charge in [0.2, 0.25) is 0 Å². The Morgan fingerprint density at radius 3 is 2.50 bits per heavy atom. The van der Waals surface area contributed by atoms with Crippen molar-refractivity contribution in [1.29, 1.82) is 0 Å². The third-order valence-electron chi connectivity index (χ3n) is 0.819. The summed E-state index contributed by atoms with van der Waals surface area (Å²) in [5.41, 5.74) is 0. The minimum atomic E-state index is -0.301. The van der Waals surface area contributed by atoms with Crippen molar-refractivity contribution in [3.05, 3.63) is 11.9 Å². The van der Waals surface area contributed by atoms with Gasteiger partial charge >= 0.3 is 0 Å². The van der Waals surface area contributed by atoms with Crippen LogP contribution in [0.3, 0.4) is 0 Å². The largest absolute Gasteiger partial charge is 0.211 e. The second-order valence-corrected chi connectivity index (χ2v) is 1.82. The molecule has 0 fully saturated rings. The Labute approximate surface area is 40.6 Å². The van der Waals surface area contributed by atoms with Crippen LogP contribution in [0.4, 0.5) is 4.39 Å². The summed E-state index contributed by atoms with van der Waals surface area (Å²) in [4.78, 5) is 0. The molecular formula is C4H4ClF. The van der Waals surface area contributed by atoms with Gasteiger partial charge in [-0.25, -0.2) is 4.39 Å². The molecule has 0 spiro atoms. The first kappa shape index (κ1) is 4.13. The Hall–Kier alpha value is -0.0400. The summed E-state index contributed by atoms with van der Waals surface area (Å²) in [7, 11) is 0. The first-order valence-corrected chi connectivity index (χ1v) is 2.24. The van der Waals surface area contributed by atoms with E-state index in [0.29, 0.717) is 6.42 Å². The van der Waals surface area contributed by atoms with Gasteiger partial charge in [0.05, 0.1) is 5.38 Å². The van der Waals surface area contributed by atoms with Crippen molar-refractivity contribution in [1.82, 2.24) is 0 Å². The van der Waals surface area contributed by atoms with Crippen LogP contribution in [0.5, 0.6) is 0 Å². The van der Waals surface area contributed by atoms with E-state index in [-0.39, 0.29) is 11.2 Å². The van der Waals surface area contributed by atoms with E-state index in [9.17, 15) is 4.39 Å². The average molecular weight is 107 g/mol. The van der Waals surface area contributed by atoms with E-state index in [2.05, 4.69) is 0 Å². The molecule has 1 atom stereocenters. The number of halogens is 2. The van der Waals surface area contributed by atoms with Crippen LogP contribution in [-0.2, 0) is 0 Å². The van der Waals surface area contributed by atoms with Gasteiger partial charge in [-0.2, -0.15) is 0 Å². The maximum absolute atomic E-state index is 11.6. The van der Waals surface area contributed by atoms with Crippen LogP contribution in [0.1, 0.15) is 6.42 Å². The molecule has 0 aromatic rings. The van der Waals surface area contributed by atoms with Crippen LogP contribution < -0.4 is 0 Å². The first-order valence-electron chi connectivity index (χ1n) is 1.80. The number of rotatable bonds is 0. The van der Waals surface area contributed by atoms with Crippen molar-refractivity contribution in [3.63, 3.8) is 0 Å². The average Bonchev–Trinajstić information content (AvgIpc) is 1.61. The second-order valence-electron chi connectivity index (χ2n) is 1.29. The quantitative estimate of drug-likeness (QED) is 0.414. The van der Waals surface area contributed by atoms with Crippen LogP contribution in [-0.4, -0.2) is 5.38 Å². The van der Waals surface area contributed by atoms with Gasteiger partial charge in [-0.05, 0) is 12.5 Å². The maximum Gasteiger partial charge on any atom is 0.114 e. The molecule has 1 aliphatic rings. The van der Waals surface area contributed by atoms with Gasteiger partial charge in [0.1, 0.15) is 5.83 Å². The van der Waals surface area contributed by atoms with E-state index >= 15 is 0 Å². The van der Waals surface area contributed by atoms with Crippen molar-refractivity contribution in [2.45, 2.75) is 11.8 Å². The number of allylic oxidation sites excluding steroid dienone is 2. The Morgan fingerprint density at radius 2 is 2.50 bits per heavy atom. The molecule has 0 amide bonds. The fraction of sp³-hybridized carbons (Fsp3) is 0.500. The van der Waals surface area contributed by atoms with E-state index in [1.165, 1.54) is 6.08 Å². The van der Waals surface area contributed by atoms with Gasteiger partial charge in [-0.3, -0.25) is 0 Å². The summed E-state index contributed by atoms with van der Waals surface area (Å²) in [6, 6.07) is 0. The van der Waals surface area contributed by atoms with Crippen molar-refractivity contribution in [2.24, 2.45) is 0 Å². The molecule has 0 saturated carbocycles. The standard InChI is InChI=1S/C4H4ClF/c5-3-1-2-4(3)6/h2-3H,1H2. The number of hydrogen-bond acceptors (Lipinski definition) is 0. The Balaban J connectivity index is 2.51. The highest BCUT2D eigenvalue weighted by Crippen LogP contribution is 2.25. The van der Waals surface area contributed by atoms with Crippen LogP contribution in [0, 0.1) is 0 Å². The summed E-state index contributed by atoms with van der Waals surface area (Å²) in [6.07, 6.45) is 2.19. The molecule has 6 heavy (non-hydrogen) atoms. The van der Waals surface area contributed by atoms with E-state index in [0.717, 1.165) is 0 Å². The fourth-order valence-corrected chi connectivity index (χ4v) is 0.474. The maximum atomic E-state index is 11.6. The molecule has 0 nitrogen and oxygen atoms in total. The van der Waals surface area contributed by atoms with Crippen molar-refractivity contribution in [2.75, 3.05) is 0 Å². The molecule has 0 heterocycles. The van der Waals surface area contributed by atoms with Gasteiger partial charge in [-0.1, -0.05) is 0 Å². The molecule has 1 aliphatic carbocycles. The molecule has 0 aromatic carbocycles. The molecule has 0 N–H and O–H groups in total. The first-order chi connectivity index (χ1) is 2.80. The lowest BCUT2D eigenvalue weighted by atomic mass is 10.1. The third-order valence-corrected chi connectivity index (χ3v) is 1.21. The molecule has 0 bridgehead atoms. The van der Waals surface area contributed by atoms with Crippen LogP contribution in [0.2, 0.25) is 0 Å². The summed E-state index contributed by atoms with van der Waals surface area (Å²) in [5, 5.41) is -0.301. The zero-order chi connectivity index (χ0) is 4.57. The lowest BCUT2D eigenvalue weighted by molar-refractivity contribution is 0.552. The van der Waals surface area contributed by atoms with Crippen molar-refractivity contribution >= 4 is 11.6 Å². The molecular weight excluding hydrogens is 102 g/mol.